The Bertz CT molecular complexity index is 1080. The second-order valence-corrected chi connectivity index (χ2v) is 5.98. The minimum atomic E-state index is 0.564. The van der Waals surface area contributed by atoms with Gasteiger partial charge in [0.05, 0.1) is 11.9 Å². The summed E-state index contributed by atoms with van der Waals surface area (Å²) >= 11 is 0. The van der Waals surface area contributed by atoms with Crippen LogP contribution < -0.4 is 14.8 Å². The van der Waals surface area contributed by atoms with Crippen molar-refractivity contribution in [2.45, 2.75) is 0 Å². The van der Waals surface area contributed by atoms with Gasteiger partial charge in [-0.15, -0.1) is 0 Å². The van der Waals surface area contributed by atoms with E-state index in [0.29, 0.717) is 13.2 Å². The van der Waals surface area contributed by atoms with Crippen molar-refractivity contribution >= 4 is 17.2 Å². The lowest BCUT2D eigenvalue weighted by Gasteiger charge is -2.19. The number of nitrogens with zero attached hydrogens (tertiary/aromatic N) is 3. The van der Waals surface area contributed by atoms with E-state index in [9.17, 15) is 0 Å². The molecular weight excluding hydrogens is 328 g/mol. The van der Waals surface area contributed by atoms with Gasteiger partial charge in [-0.25, -0.2) is 4.98 Å². The van der Waals surface area contributed by atoms with Gasteiger partial charge in [0, 0.05) is 17.3 Å². The Morgan fingerprint density at radius 3 is 2.62 bits per heavy atom. The summed E-state index contributed by atoms with van der Waals surface area (Å²) in [5.74, 6) is 2.30. The number of rotatable bonds is 3. The average Bonchev–Trinajstić information content (AvgIpc) is 3.10. The number of fused-ring (bicyclic) bond motifs is 2. The van der Waals surface area contributed by atoms with Gasteiger partial charge in [0.25, 0.3) is 0 Å². The van der Waals surface area contributed by atoms with E-state index in [1.807, 2.05) is 60.7 Å². The highest BCUT2D eigenvalue weighted by Gasteiger charge is 2.13. The number of nitrogens with one attached hydrogen (secondary N) is 1. The molecular formula is C20H16N4O2. The Morgan fingerprint density at radius 1 is 0.885 bits per heavy atom. The third kappa shape index (κ3) is 2.61. The van der Waals surface area contributed by atoms with E-state index in [2.05, 4.69) is 10.3 Å². The molecule has 0 saturated carbocycles. The number of anilines is 2. The van der Waals surface area contributed by atoms with Crippen molar-refractivity contribution in [1.82, 2.24) is 14.6 Å². The third-order valence-electron chi connectivity index (χ3n) is 4.25. The van der Waals surface area contributed by atoms with E-state index in [1.54, 1.807) is 10.7 Å². The molecule has 0 spiro atoms. The molecule has 2 aromatic heterocycles. The summed E-state index contributed by atoms with van der Waals surface area (Å²) in [6.45, 7) is 1.15. The van der Waals surface area contributed by atoms with E-state index < -0.39 is 0 Å². The highest BCUT2D eigenvalue weighted by molar-refractivity contribution is 5.65. The molecule has 0 amide bonds. The molecule has 0 aliphatic carbocycles. The molecule has 6 heteroatoms. The molecule has 1 aliphatic heterocycles. The van der Waals surface area contributed by atoms with Crippen LogP contribution in [0.1, 0.15) is 0 Å². The third-order valence-corrected chi connectivity index (χ3v) is 4.25. The van der Waals surface area contributed by atoms with Gasteiger partial charge in [0.1, 0.15) is 13.2 Å². The number of imidazole rings is 1. The first-order valence-corrected chi connectivity index (χ1v) is 8.44. The molecule has 0 bridgehead atoms. The van der Waals surface area contributed by atoms with Gasteiger partial charge < -0.3 is 14.8 Å². The topological polar surface area (TPSA) is 60.7 Å². The van der Waals surface area contributed by atoms with Crippen LogP contribution >= 0.6 is 0 Å². The van der Waals surface area contributed by atoms with Crippen molar-refractivity contribution in [3.8, 4) is 22.8 Å². The van der Waals surface area contributed by atoms with Crippen LogP contribution in [0.15, 0.2) is 66.9 Å². The molecule has 0 saturated heterocycles. The number of benzene rings is 2. The molecule has 128 valence electrons. The minimum Gasteiger partial charge on any atom is -0.486 e. The normalized spacial score (nSPS) is 12.9. The molecule has 1 N–H and O–H groups in total. The fourth-order valence-electron chi connectivity index (χ4n) is 2.99. The van der Waals surface area contributed by atoms with Crippen LogP contribution in [0.5, 0.6) is 11.5 Å². The molecule has 0 atom stereocenters. The average molecular weight is 344 g/mol. The van der Waals surface area contributed by atoms with E-state index in [4.69, 9.17) is 14.6 Å². The van der Waals surface area contributed by atoms with Gasteiger partial charge >= 0.3 is 0 Å². The SMILES string of the molecule is c1ccc(-c2ccc3ncc(Nc4ccc5c(c4)OCCO5)n3n2)cc1. The number of hydrogen-bond donors (Lipinski definition) is 1. The highest BCUT2D eigenvalue weighted by atomic mass is 16.6. The van der Waals surface area contributed by atoms with E-state index in [-0.39, 0.29) is 0 Å². The van der Waals surface area contributed by atoms with Gasteiger partial charge in [-0.05, 0) is 24.3 Å². The zero-order valence-corrected chi connectivity index (χ0v) is 13.9. The van der Waals surface area contributed by atoms with Gasteiger partial charge in [0.2, 0.25) is 0 Å². The zero-order chi connectivity index (χ0) is 17.3. The maximum atomic E-state index is 5.64. The molecule has 6 nitrogen and oxygen atoms in total. The van der Waals surface area contributed by atoms with Crippen LogP contribution in [0.4, 0.5) is 11.5 Å². The highest BCUT2D eigenvalue weighted by Crippen LogP contribution is 2.33. The largest absolute Gasteiger partial charge is 0.486 e. The van der Waals surface area contributed by atoms with Gasteiger partial charge in [-0.2, -0.15) is 9.61 Å². The lowest BCUT2D eigenvalue weighted by molar-refractivity contribution is 0.171. The summed E-state index contributed by atoms with van der Waals surface area (Å²) in [5.41, 5.74) is 3.63. The molecule has 2 aromatic carbocycles. The Hall–Kier alpha value is -3.54. The summed E-state index contributed by atoms with van der Waals surface area (Å²) in [5, 5.41) is 8.08. The van der Waals surface area contributed by atoms with Crippen LogP contribution in [0.25, 0.3) is 16.9 Å². The maximum absolute atomic E-state index is 5.64. The van der Waals surface area contributed by atoms with Crippen molar-refractivity contribution < 1.29 is 9.47 Å². The van der Waals surface area contributed by atoms with E-state index >= 15 is 0 Å². The Kier molecular flexibility index (Phi) is 3.45. The van der Waals surface area contributed by atoms with Crippen LogP contribution in [0.3, 0.4) is 0 Å². The fraction of sp³-hybridized carbons (Fsp3) is 0.100. The van der Waals surface area contributed by atoms with Gasteiger partial charge in [0.15, 0.2) is 23.0 Å². The first-order chi connectivity index (χ1) is 12.9. The standard InChI is InChI=1S/C20H16N4O2/c1-2-4-14(5-3-1)16-7-9-19-21-13-20(24(19)23-16)22-15-6-8-17-18(12-15)26-11-10-25-17/h1-9,12-13,22H,10-11H2. The molecule has 0 fully saturated rings. The molecule has 1 aliphatic rings. The monoisotopic (exact) mass is 344 g/mol. The molecule has 4 aromatic rings. The Balaban J connectivity index is 1.51. The smallest absolute Gasteiger partial charge is 0.163 e. The molecule has 26 heavy (non-hydrogen) atoms. The molecule has 0 unspecified atom stereocenters. The molecule has 3 heterocycles. The van der Waals surface area contributed by atoms with Crippen molar-refractivity contribution in [3.05, 3.63) is 66.9 Å². The number of hydrogen-bond acceptors (Lipinski definition) is 5. The van der Waals surface area contributed by atoms with E-state index in [1.165, 1.54) is 0 Å². The van der Waals surface area contributed by atoms with Crippen molar-refractivity contribution in [1.29, 1.82) is 0 Å². The van der Waals surface area contributed by atoms with Gasteiger partial charge in [-0.3, -0.25) is 0 Å². The predicted molar refractivity (Wildman–Crippen MR) is 99.1 cm³/mol. The Labute approximate surface area is 150 Å². The predicted octanol–water partition coefficient (Wildman–Crippen LogP) is 3.91. The Morgan fingerprint density at radius 2 is 1.73 bits per heavy atom. The van der Waals surface area contributed by atoms with Crippen LogP contribution in [0, 0.1) is 0 Å². The second kappa shape index (κ2) is 6.07. The lowest BCUT2D eigenvalue weighted by atomic mass is 10.1. The van der Waals surface area contributed by atoms with Crippen molar-refractivity contribution in [2.24, 2.45) is 0 Å². The summed E-state index contributed by atoms with van der Waals surface area (Å²) in [7, 11) is 0. The zero-order valence-electron chi connectivity index (χ0n) is 13.9. The van der Waals surface area contributed by atoms with Crippen molar-refractivity contribution in [2.75, 3.05) is 18.5 Å². The van der Waals surface area contributed by atoms with Crippen LogP contribution in [-0.4, -0.2) is 27.8 Å². The summed E-state index contributed by atoms with van der Waals surface area (Å²) in [6, 6.07) is 19.8. The summed E-state index contributed by atoms with van der Waals surface area (Å²) < 4.78 is 13.0. The minimum absolute atomic E-state index is 0.564. The molecule has 5 rings (SSSR count). The first kappa shape index (κ1) is 14.8. The summed E-state index contributed by atoms with van der Waals surface area (Å²) in [6.07, 6.45) is 1.77. The van der Waals surface area contributed by atoms with E-state index in [0.717, 1.165) is 39.9 Å². The fourth-order valence-corrected chi connectivity index (χ4v) is 2.99. The molecule has 0 radical (unpaired) electrons. The van der Waals surface area contributed by atoms with Crippen molar-refractivity contribution in [3.63, 3.8) is 0 Å². The first-order valence-electron chi connectivity index (χ1n) is 8.44. The lowest BCUT2D eigenvalue weighted by Crippen LogP contribution is -2.15. The second-order valence-electron chi connectivity index (χ2n) is 5.98. The summed E-state index contributed by atoms with van der Waals surface area (Å²) in [4.78, 5) is 4.42. The van der Waals surface area contributed by atoms with Gasteiger partial charge in [-0.1, -0.05) is 30.3 Å². The van der Waals surface area contributed by atoms with Crippen LogP contribution in [-0.2, 0) is 0 Å². The number of aromatic nitrogens is 3. The number of ether oxygens (including phenoxy) is 2. The quantitative estimate of drug-likeness (QED) is 0.610. The maximum Gasteiger partial charge on any atom is 0.163 e. The van der Waals surface area contributed by atoms with Crippen LogP contribution in [0.2, 0.25) is 0 Å².